The van der Waals surface area contributed by atoms with E-state index in [1.165, 1.54) is 9.75 Å². The molecule has 18 heavy (non-hydrogen) atoms. The van der Waals surface area contributed by atoms with Crippen LogP contribution in [0.5, 0.6) is 0 Å². The van der Waals surface area contributed by atoms with Gasteiger partial charge in [0.15, 0.2) is 0 Å². The summed E-state index contributed by atoms with van der Waals surface area (Å²) in [5.41, 5.74) is 0. The first-order chi connectivity index (χ1) is 8.80. The molecule has 104 valence electrons. The van der Waals surface area contributed by atoms with Crippen molar-refractivity contribution in [2.24, 2.45) is 0 Å². The summed E-state index contributed by atoms with van der Waals surface area (Å²) in [6.07, 6.45) is 4.49. The van der Waals surface area contributed by atoms with Gasteiger partial charge in [-0.2, -0.15) is 0 Å². The third kappa shape index (κ3) is 5.98. The summed E-state index contributed by atoms with van der Waals surface area (Å²) in [6.45, 7) is 9.33. The molecule has 1 N–H and O–H groups in total. The molecular weight excluding hydrogens is 242 g/mol. The van der Waals surface area contributed by atoms with Crippen molar-refractivity contribution >= 4 is 11.3 Å². The number of aryl methyl sites for hydroxylation is 1. The van der Waals surface area contributed by atoms with E-state index in [4.69, 9.17) is 4.74 Å². The van der Waals surface area contributed by atoms with Gasteiger partial charge in [0.2, 0.25) is 0 Å². The predicted octanol–water partition coefficient (Wildman–Crippen LogP) is 3.65. The lowest BCUT2D eigenvalue weighted by Crippen LogP contribution is -2.32. The summed E-state index contributed by atoms with van der Waals surface area (Å²) < 4.78 is 5.59. The van der Waals surface area contributed by atoms with E-state index in [0.717, 1.165) is 45.4 Å². The van der Waals surface area contributed by atoms with Crippen molar-refractivity contribution in [3.05, 3.63) is 21.9 Å². The zero-order chi connectivity index (χ0) is 13.2. The average Bonchev–Trinajstić information content (AvgIpc) is 2.82. The van der Waals surface area contributed by atoms with Gasteiger partial charge in [0.05, 0.1) is 0 Å². The van der Waals surface area contributed by atoms with Crippen LogP contribution in [0.4, 0.5) is 0 Å². The van der Waals surface area contributed by atoms with Crippen molar-refractivity contribution in [1.29, 1.82) is 0 Å². The molecule has 1 unspecified atom stereocenters. The molecule has 0 saturated heterocycles. The number of hydrogen-bond donors (Lipinski definition) is 1. The van der Waals surface area contributed by atoms with Crippen LogP contribution < -0.4 is 5.32 Å². The molecule has 0 aromatic carbocycles. The lowest BCUT2D eigenvalue weighted by molar-refractivity contribution is 0.124. The first-order valence-corrected chi connectivity index (χ1v) is 8.00. The van der Waals surface area contributed by atoms with Crippen LogP contribution in [0.15, 0.2) is 12.1 Å². The van der Waals surface area contributed by atoms with Gasteiger partial charge in [-0.05, 0) is 44.4 Å². The average molecular weight is 269 g/mol. The van der Waals surface area contributed by atoms with Crippen molar-refractivity contribution in [3.63, 3.8) is 0 Å². The van der Waals surface area contributed by atoms with Gasteiger partial charge in [-0.3, -0.25) is 0 Å². The lowest BCUT2D eigenvalue weighted by Gasteiger charge is -2.17. The fourth-order valence-corrected chi connectivity index (χ4v) is 3.04. The molecule has 0 radical (unpaired) electrons. The van der Waals surface area contributed by atoms with E-state index in [1.54, 1.807) is 0 Å². The molecule has 1 atom stereocenters. The van der Waals surface area contributed by atoms with Gasteiger partial charge in [-0.1, -0.05) is 20.8 Å². The van der Waals surface area contributed by atoms with Gasteiger partial charge in [-0.15, -0.1) is 11.3 Å². The monoisotopic (exact) mass is 269 g/mol. The van der Waals surface area contributed by atoms with Crippen molar-refractivity contribution in [2.75, 3.05) is 19.8 Å². The molecule has 2 nitrogen and oxygen atoms in total. The van der Waals surface area contributed by atoms with Crippen LogP contribution in [0.3, 0.4) is 0 Å². The molecule has 0 amide bonds. The normalized spacial score (nSPS) is 12.8. The summed E-state index contributed by atoms with van der Waals surface area (Å²) in [4.78, 5) is 2.98. The van der Waals surface area contributed by atoms with Crippen molar-refractivity contribution in [1.82, 2.24) is 5.32 Å². The van der Waals surface area contributed by atoms with Crippen molar-refractivity contribution in [3.8, 4) is 0 Å². The Bertz CT molecular complexity index is 311. The van der Waals surface area contributed by atoms with Crippen LogP contribution in [0, 0.1) is 0 Å². The maximum atomic E-state index is 5.59. The smallest absolute Gasteiger partial charge is 0.0480 e. The molecule has 1 aromatic heterocycles. The second-order valence-electron chi connectivity index (χ2n) is 4.58. The van der Waals surface area contributed by atoms with Crippen LogP contribution in [0.1, 0.15) is 43.4 Å². The molecule has 0 bridgehead atoms. The second kappa shape index (κ2) is 9.54. The van der Waals surface area contributed by atoms with E-state index in [1.807, 2.05) is 11.3 Å². The molecule has 1 rings (SSSR count). The Morgan fingerprint density at radius 2 is 1.94 bits per heavy atom. The van der Waals surface area contributed by atoms with E-state index in [0.29, 0.717) is 6.04 Å². The maximum absolute atomic E-state index is 5.59. The van der Waals surface area contributed by atoms with Crippen LogP contribution in [0.25, 0.3) is 0 Å². The Hall–Kier alpha value is -0.380. The highest BCUT2D eigenvalue weighted by molar-refractivity contribution is 7.11. The Morgan fingerprint density at radius 3 is 2.56 bits per heavy atom. The zero-order valence-electron chi connectivity index (χ0n) is 12.0. The van der Waals surface area contributed by atoms with Gasteiger partial charge < -0.3 is 10.1 Å². The molecule has 1 heterocycles. The van der Waals surface area contributed by atoms with Gasteiger partial charge in [0, 0.05) is 29.0 Å². The minimum absolute atomic E-state index is 0.551. The Balaban J connectivity index is 2.36. The fraction of sp³-hybridized carbons (Fsp3) is 0.733. The third-order valence-corrected chi connectivity index (χ3v) is 4.22. The quantitative estimate of drug-likeness (QED) is 0.655. The molecule has 0 aliphatic heterocycles. The molecule has 0 saturated carbocycles. The van der Waals surface area contributed by atoms with Crippen LogP contribution in [0.2, 0.25) is 0 Å². The summed E-state index contributed by atoms with van der Waals surface area (Å²) in [5.74, 6) is 0. The number of rotatable bonds is 10. The number of nitrogens with one attached hydrogen (secondary N) is 1. The van der Waals surface area contributed by atoms with E-state index in [-0.39, 0.29) is 0 Å². The SMILES string of the molecule is CCCOCCC(Cc1ccc(CC)s1)NCC. The van der Waals surface area contributed by atoms with E-state index >= 15 is 0 Å². The molecule has 3 heteroatoms. The molecule has 1 aromatic rings. The van der Waals surface area contributed by atoms with Crippen LogP contribution in [-0.4, -0.2) is 25.8 Å². The third-order valence-electron chi connectivity index (χ3n) is 2.97. The Labute approximate surface area is 116 Å². The van der Waals surface area contributed by atoms with Crippen molar-refractivity contribution in [2.45, 2.75) is 52.5 Å². The number of ether oxygens (including phenoxy) is 1. The highest BCUT2D eigenvalue weighted by atomic mass is 32.1. The van der Waals surface area contributed by atoms with Gasteiger partial charge in [-0.25, -0.2) is 0 Å². The van der Waals surface area contributed by atoms with Crippen LogP contribution >= 0.6 is 11.3 Å². The van der Waals surface area contributed by atoms with E-state index < -0.39 is 0 Å². The summed E-state index contributed by atoms with van der Waals surface area (Å²) in [5, 5.41) is 3.56. The number of thiophene rings is 1. The lowest BCUT2D eigenvalue weighted by atomic mass is 10.1. The van der Waals surface area contributed by atoms with Gasteiger partial charge in [0.1, 0.15) is 0 Å². The predicted molar refractivity (Wildman–Crippen MR) is 80.6 cm³/mol. The maximum Gasteiger partial charge on any atom is 0.0480 e. The van der Waals surface area contributed by atoms with E-state index in [9.17, 15) is 0 Å². The topological polar surface area (TPSA) is 21.3 Å². The second-order valence-corrected chi connectivity index (χ2v) is 5.83. The molecule has 0 spiro atoms. The molecule has 0 aliphatic rings. The molecular formula is C15H27NOS. The molecule has 0 fully saturated rings. The van der Waals surface area contributed by atoms with Gasteiger partial charge >= 0.3 is 0 Å². The van der Waals surface area contributed by atoms with Crippen LogP contribution in [-0.2, 0) is 17.6 Å². The largest absolute Gasteiger partial charge is 0.381 e. The Kier molecular flexibility index (Phi) is 8.31. The summed E-state index contributed by atoms with van der Waals surface area (Å²) in [7, 11) is 0. The number of hydrogen-bond acceptors (Lipinski definition) is 3. The highest BCUT2D eigenvalue weighted by Gasteiger charge is 2.10. The zero-order valence-corrected chi connectivity index (χ0v) is 12.8. The minimum atomic E-state index is 0.551. The van der Waals surface area contributed by atoms with E-state index in [2.05, 4.69) is 38.2 Å². The summed E-state index contributed by atoms with van der Waals surface area (Å²) >= 11 is 1.95. The summed E-state index contributed by atoms with van der Waals surface area (Å²) in [6, 6.07) is 5.09. The minimum Gasteiger partial charge on any atom is -0.381 e. The first-order valence-electron chi connectivity index (χ1n) is 7.18. The first kappa shape index (κ1) is 15.7. The fourth-order valence-electron chi connectivity index (χ4n) is 2.00. The molecule has 0 aliphatic carbocycles. The number of likely N-dealkylation sites (N-methyl/N-ethyl adjacent to an activating group) is 1. The highest BCUT2D eigenvalue weighted by Crippen LogP contribution is 2.19. The Morgan fingerprint density at radius 1 is 1.17 bits per heavy atom. The van der Waals surface area contributed by atoms with Gasteiger partial charge in [0.25, 0.3) is 0 Å². The van der Waals surface area contributed by atoms with Crippen molar-refractivity contribution < 1.29 is 4.74 Å². The standard InChI is InChI=1S/C15H27NOS/c1-4-10-17-11-9-13(16-6-3)12-15-8-7-14(5-2)18-15/h7-8,13,16H,4-6,9-12H2,1-3H3.